The van der Waals surface area contributed by atoms with Crippen LogP contribution in [0.4, 0.5) is 5.69 Å². The summed E-state index contributed by atoms with van der Waals surface area (Å²) in [7, 11) is 1.30. The topological polar surface area (TPSA) is 111 Å². The Balaban J connectivity index is 2.30. The van der Waals surface area contributed by atoms with Crippen molar-refractivity contribution in [3.8, 4) is 11.5 Å². The van der Waals surface area contributed by atoms with E-state index in [4.69, 9.17) is 32.7 Å². The predicted octanol–water partition coefficient (Wildman–Crippen LogP) is 4.87. The molecule has 0 radical (unpaired) electrons. The van der Waals surface area contributed by atoms with Gasteiger partial charge in [0.15, 0.2) is 6.61 Å². The molecule has 2 amide bonds. The number of amides is 2. The lowest BCUT2D eigenvalue weighted by atomic mass is 10.1. The second kappa shape index (κ2) is 13.2. The molecule has 0 aromatic heterocycles. The number of hydrogen-bond donors (Lipinski definition) is 1. The number of carbonyl (C=O) groups excluding carboxylic acids is 2. The Morgan fingerprint density at radius 1 is 1.17 bits per heavy atom. The van der Waals surface area contributed by atoms with Gasteiger partial charge in [-0.3, -0.25) is 19.7 Å². The van der Waals surface area contributed by atoms with Crippen molar-refractivity contribution in [3.05, 3.63) is 62.1 Å². The number of carbonyl (C=O) groups is 2. The minimum Gasteiger partial charge on any atom is -0.490 e. The number of nitro groups is 1. The van der Waals surface area contributed by atoms with E-state index in [1.807, 2.05) is 13.8 Å². The van der Waals surface area contributed by atoms with Gasteiger partial charge < -0.3 is 19.7 Å². The van der Waals surface area contributed by atoms with E-state index < -0.39 is 23.5 Å². The summed E-state index contributed by atoms with van der Waals surface area (Å²) >= 11 is 12.7. The maximum Gasteiger partial charge on any atom is 0.311 e. The summed E-state index contributed by atoms with van der Waals surface area (Å²) in [5, 5.41) is 14.7. The first-order chi connectivity index (χ1) is 16.6. The molecule has 35 heavy (non-hydrogen) atoms. The molecule has 11 heteroatoms. The summed E-state index contributed by atoms with van der Waals surface area (Å²) in [5.74, 6) is -0.341. The minimum atomic E-state index is -0.788. The van der Waals surface area contributed by atoms with Crippen LogP contribution in [0.15, 0.2) is 36.4 Å². The number of nitrogens with one attached hydrogen (secondary N) is 1. The first kappa shape index (κ1) is 28.2. The van der Waals surface area contributed by atoms with Gasteiger partial charge in [-0.1, -0.05) is 50.0 Å². The average Bonchev–Trinajstić information content (AvgIpc) is 2.82. The molecule has 0 spiro atoms. The summed E-state index contributed by atoms with van der Waals surface area (Å²) in [5.41, 5.74) is 0.283. The smallest absolute Gasteiger partial charge is 0.311 e. The van der Waals surface area contributed by atoms with Gasteiger partial charge in [0.2, 0.25) is 11.7 Å². The quantitative estimate of drug-likeness (QED) is 0.312. The maximum absolute atomic E-state index is 13.3. The molecule has 2 aromatic rings. The maximum atomic E-state index is 13.3. The van der Waals surface area contributed by atoms with Crippen LogP contribution in [0, 0.1) is 16.0 Å². The SMILES string of the molecule is CCC(C(=O)NCC(C)C)N(Cc1c(Cl)cccc1Cl)C(=O)COc1ccc([N+](=O)[O-])c(OC)c1. The zero-order chi connectivity index (χ0) is 26.1. The first-order valence-corrected chi connectivity index (χ1v) is 11.8. The summed E-state index contributed by atoms with van der Waals surface area (Å²) in [6.07, 6.45) is 0.350. The summed E-state index contributed by atoms with van der Waals surface area (Å²) < 4.78 is 10.6. The van der Waals surface area contributed by atoms with Crippen LogP contribution in [0.25, 0.3) is 0 Å². The molecule has 2 rings (SSSR count). The lowest BCUT2D eigenvalue weighted by Gasteiger charge is -2.31. The third-order valence-corrected chi connectivity index (χ3v) is 5.88. The average molecular weight is 526 g/mol. The molecule has 190 valence electrons. The molecular weight excluding hydrogens is 497 g/mol. The largest absolute Gasteiger partial charge is 0.490 e. The highest BCUT2D eigenvalue weighted by Crippen LogP contribution is 2.31. The Morgan fingerprint density at radius 3 is 2.37 bits per heavy atom. The third-order valence-electron chi connectivity index (χ3n) is 5.17. The summed E-state index contributed by atoms with van der Waals surface area (Å²) in [6, 6.07) is 8.15. The molecule has 0 aliphatic rings. The van der Waals surface area contributed by atoms with Crippen molar-refractivity contribution in [3.63, 3.8) is 0 Å². The Kier molecular flexibility index (Phi) is 10.6. The Hall–Kier alpha value is -3.04. The molecule has 0 heterocycles. The van der Waals surface area contributed by atoms with Crippen LogP contribution >= 0.6 is 23.2 Å². The molecule has 2 aromatic carbocycles. The van der Waals surface area contributed by atoms with E-state index >= 15 is 0 Å². The van der Waals surface area contributed by atoms with Crippen molar-refractivity contribution in [2.45, 2.75) is 39.8 Å². The number of halogens is 2. The number of ether oxygens (including phenoxy) is 2. The van der Waals surface area contributed by atoms with Crippen LogP contribution in [0.5, 0.6) is 11.5 Å². The van der Waals surface area contributed by atoms with Crippen LogP contribution in [-0.4, -0.2) is 47.9 Å². The molecule has 0 aliphatic heterocycles. The number of benzene rings is 2. The van der Waals surface area contributed by atoms with E-state index in [1.165, 1.54) is 30.2 Å². The van der Waals surface area contributed by atoms with Gasteiger partial charge in [0.1, 0.15) is 11.8 Å². The molecular formula is C24H29Cl2N3O6. The molecule has 1 atom stereocenters. The van der Waals surface area contributed by atoms with Crippen LogP contribution < -0.4 is 14.8 Å². The highest BCUT2D eigenvalue weighted by atomic mass is 35.5. The minimum absolute atomic E-state index is 0.000785. The Morgan fingerprint density at radius 2 is 1.83 bits per heavy atom. The standard InChI is InChI=1S/C24H29Cl2N3O6/c1-5-20(24(31)27-12-15(2)3)28(13-17-18(25)7-6-8-19(17)26)23(30)14-35-16-9-10-21(29(32)33)22(11-16)34-4/h6-11,15,20H,5,12-14H2,1-4H3,(H,27,31). The van der Waals surface area contributed by atoms with Crippen molar-refractivity contribution < 1.29 is 24.0 Å². The van der Waals surface area contributed by atoms with Gasteiger partial charge in [-0.05, 0) is 30.5 Å². The van der Waals surface area contributed by atoms with Gasteiger partial charge in [0, 0.05) is 40.8 Å². The molecule has 0 aliphatic carbocycles. The van der Waals surface area contributed by atoms with Crippen LogP contribution in [0.3, 0.4) is 0 Å². The lowest BCUT2D eigenvalue weighted by molar-refractivity contribution is -0.385. The van der Waals surface area contributed by atoms with Gasteiger partial charge in [0.25, 0.3) is 5.91 Å². The van der Waals surface area contributed by atoms with Crippen LogP contribution in [0.2, 0.25) is 10.0 Å². The Bertz CT molecular complexity index is 1040. The molecule has 1 unspecified atom stereocenters. The van der Waals surface area contributed by atoms with Crippen molar-refractivity contribution in [2.75, 3.05) is 20.3 Å². The molecule has 0 fully saturated rings. The highest BCUT2D eigenvalue weighted by molar-refractivity contribution is 6.36. The van der Waals surface area contributed by atoms with Crippen LogP contribution in [0.1, 0.15) is 32.8 Å². The zero-order valence-electron chi connectivity index (χ0n) is 20.0. The number of nitrogens with zero attached hydrogens (tertiary/aromatic N) is 2. The fourth-order valence-corrected chi connectivity index (χ4v) is 3.84. The van der Waals surface area contributed by atoms with Crippen molar-refractivity contribution in [2.24, 2.45) is 5.92 Å². The van der Waals surface area contributed by atoms with Gasteiger partial charge >= 0.3 is 5.69 Å². The van der Waals surface area contributed by atoms with E-state index in [2.05, 4.69) is 5.32 Å². The van der Waals surface area contributed by atoms with E-state index in [0.29, 0.717) is 28.6 Å². The third kappa shape index (κ3) is 7.73. The molecule has 0 bridgehead atoms. The van der Waals surface area contributed by atoms with E-state index in [-0.39, 0.29) is 35.6 Å². The predicted molar refractivity (Wildman–Crippen MR) is 134 cm³/mol. The first-order valence-electron chi connectivity index (χ1n) is 11.0. The van der Waals surface area contributed by atoms with Crippen molar-refractivity contribution in [1.29, 1.82) is 0 Å². The number of hydrogen-bond acceptors (Lipinski definition) is 6. The normalized spacial score (nSPS) is 11.6. The number of nitro benzene ring substituents is 1. The monoisotopic (exact) mass is 525 g/mol. The van der Waals surface area contributed by atoms with Gasteiger partial charge in [0.05, 0.1) is 12.0 Å². The number of rotatable bonds is 12. The molecule has 0 saturated heterocycles. The molecule has 9 nitrogen and oxygen atoms in total. The molecule has 1 N–H and O–H groups in total. The van der Waals surface area contributed by atoms with E-state index in [0.717, 1.165) is 0 Å². The Labute approximate surface area is 214 Å². The number of methoxy groups -OCH3 is 1. The lowest BCUT2D eigenvalue weighted by Crippen LogP contribution is -2.50. The van der Waals surface area contributed by atoms with E-state index in [1.54, 1.807) is 25.1 Å². The van der Waals surface area contributed by atoms with Gasteiger partial charge in [-0.2, -0.15) is 0 Å². The second-order valence-corrected chi connectivity index (χ2v) is 8.98. The van der Waals surface area contributed by atoms with Crippen molar-refractivity contribution >= 4 is 40.7 Å². The fourth-order valence-electron chi connectivity index (χ4n) is 3.32. The summed E-state index contributed by atoms with van der Waals surface area (Å²) in [6.45, 7) is 5.79. The molecule has 0 saturated carbocycles. The fraction of sp³-hybridized carbons (Fsp3) is 0.417. The van der Waals surface area contributed by atoms with Gasteiger partial charge in [-0.15, -0.1) is 0 Å². The second-order valence-electron chi connectivity index (χ2n) is 8.16. The zero-order valence-corrected chi connectivity index (χ0v) is 21.6. The van der Waals surface area contributed by atoms with Gasteiger partial charge in [-0.25, -0.2) is 0 Å². The summed E-state index contributed by atoms with van der Waals surface area (Å²) in [4.78, 5) is 38.2. The van der Waals surface area contributed by atoms with Crippen molar-refractivity contribution in [1.82, 2.24) is 10.2 Å². The highest BCUT2D eigenvalue weighted by Gasteiger charge is 2.30. The van der Waals surface area contributed by atoms with Crippen LogP contribution in [-0.2, 0) is 16.1 Å². The van der Waals surface area contributed by atoms with E-state index in [9.17, 15) is 19.7 Å².